The molecular weight excluding hydrogens is 286 g/mol. The highest BCUT2D eigenvalue weighted by atomic mass is 16.6. The van der Waals surface area contributed by atoms with Crippen LogP contribution in [0.25, 0.3) is 0 Å². The molecule has 0 atom stereocenters. The lowest BCUT2D eigenvalue weighted by Crippen LogP contribution is -2.47. The Kier molecular flexibility index (Phi) is 7.77. The number of nitrogens with zero attached hydrogens (tertiary/aromatic N) is 1. The number of urea groups is 1. The van der Waals surface area contributed by atoms with Crippen LogP contribution < -0.4 is 15.8 Å². The van der Waals surface area contributed by atoms with Crippen LogP contribution in [-0.4, -0.2) is 43.5 Å². The normalized spacial score (nSPS) is 9.95. The minimum Gasteiger partial charge on any atom is -0.473 e. The van der Waals surface area contributed by atoms with Crippen molar-refractivity contribution in [3.63, 3.8) is 0 Å². The van der Waals surface area contributed by atoms with Gasteiger partial charge >= 0.3 is 12.1 Å². The Bertz CT molecular complexity index is 493. The van der Waals surface area contributed by atoms with E-state index >= 15 is 0 Å². The van der Waals surface area contributed by atoms with E-state index in [1.807, 2.05) is 31.2 Å². The SMILES string of the molecule is CCOC(=O)N(CCN)C(=O)NCOc1ccccc1CC. The topological polar surface area (TPSA) is 93.9 Å². The number of nitrogens with one attached hydrogen (secondary N) is 1. The molecular formula is C15H23N3O4. The fourth-order valence-electron chi connectivity index (χ4n) is 1.81. The van der Waals surface area contributed by atoms with E-state index in [9.17, 15) is 9.59 Å². The first-order valence-corrected chi connectivity index (χ1v) is 7.26. The van der Waals surface area contributed by atoms with E-state index < -0.39 is 12.1 Å². The highest BCUT2D eigenvalue weighted by Crippen LogP contribution is 2.17. The van der Waals surface area contributed by atoms with Crippen molar-refractivity contribution in [2.24, 2.45) is 5.73 Å². The van der Waals surface area contributed by atoms with E-state index in [0.717, 1.165) is 16.9 Å². The molecule has 3 N–H and O–H groups in total. The van der Waals surface area contributed by atoms with E-state index in [2.05, 4.69) is 5.32 Å². The van der Waals surface area contributed by atoms with Gasteiger partial charge in [0.1, 0.15) is 5.75 Å². The summed E-state index contributed by atoms with van der Waals surface area (Å²) in [5.74, 6) is 0.701. The molecule has 0 fully saturated rings. The standard InChI is InChI=1S/C15H23N3O4/c1-3-12-7-5-6-8-13(12)22-11-17-14(19)18(10-9-16)15(20)21-4-2/h5-8H,3-4,9-11,16H2,1-2H3,(H,17,19). The summed E-state index contributed by atoms with van der Waals surface area (Å²) in [4.78, 5) is 24.5. The molecule has 1 aromatic rings. The Morgan fingerprint density at radius 1 is 1.27 bits per heavy atom. The molecule has 0 aliphatic heterocycles. The minimum atomic E-state index is -0.723. The molecule has 0 saturated heterocycles. The fourth-order valence-corrected chi connectivity index (χ4v) is 1.81. The number of hydrogen-bond acceptors (Lipinski definition) is 5. The van der Waals surface area contributed by atoms with Gasteiger partial charge in [-0.2, -0.15) is 0 Å². The lowest BCUT2D eigenvalue weighted by molar-refractivity contribution is 0.113. The maximum absolute atomic E-state index is 12.0. The molecule has 0 bridgehead atoms. The number of amides is 3. The largest absolute Gasteiger partial charge is 0.473 e. The lowest BCUT2D eigenvalue weighted by atomic mass is 10.1. The van der Waals surface area contributed by atoms with Crippen molar-refractivity contribution in [1.82, 2.24) is 10.2 Å². The third-order valence-electron chi connectivity index (χ3n) is 2.89. The first-order valence-electron chi connectivity index (χ1n) is 7.26. The smallest absolute Gasteiger partial charge is 0.418 e. The molecule has 1 aromatic carbocycles. The van der Waals surface area contributed by atoms with Gasteiger partial charge in [-0.3, -0.25) is 0 Å². The van der Waals surface area contributed by atoms with Crippen LogP contribution in [0.2, 0.25) is 0 Å². The van der Waals surface area contributed by atoms with E-state index in [0.29, 0.717) is 5.75 Å². The molecule has 1 rings (SSSR count). The van der Waals surface area contributed by atoms with Gasteiger partial charge in [-0.15, -0.1) is 0 Å². The number of carbonyl (C=O) groups excluding carboxylic acids is 2. The predicted molar refractivity (Wildman–Crippen MR) is 82.6 cm³/mol. The molecule has 0 aliphatic carbocycles. The van der Waals surface area contributed by atoms with Gasteiger partial charge in [0.05, 0.1) is 6.61 Å². The Balaban J connectivity index is 2.54. The average Bonchev–Trinajstić information content (AvgIpc) is 2.53. The zero-order chi connectivity index (χ0) is 16.4. The quantitative estimate of drug-likeness (QED) is 0.748. The second-order valence-corrected chi connectivity index (χ2v) is 4.37. The van der Waals surface area contributed by atoms with Crippen molar-refractivity contribution >= 4 is 12.1 Å². The molecule has 0 saturated carbocycles. The van der Waals surface area contributed by atoms with Crippen molar-refractivity contribution in [3.8, 4) is 5.75 Å². The zero-order valence-corrected chi connectivity index (χ0v) is 13.0. The molecule has 22 heavy (non-hydrogen) atoms. The number of carbonyl (C=O) groups is 2. The van der Waals surface area contributed by atoms with Crippen molar-refractivity contribution in [1.29, 1.82) is 0 Å². The Labute approximate surface area is 130 Å². The number of nitrogens with two attached hydrogens (primary N) is 1. The van der Waals surface area contributed by atoms with Crippen molar-refractivity contribution < 1.29 is 19.1 Å². The molecule has 7 nitrogen and oxygen atoms in total. The third-order valence-corrected chi connectivity index (χ3v) is 2.89. The molecule has 7 heteroatoms. The highest BCUT2D eigenvalue weighted by Gasteiger charge is 2.21. The second kappa shape index (κ2) is 9.62. The predicted octanol–water partition coefficient (Wildman–Crippen LogP) is 1.71. The summed E-state index contributed by atoms with van der Waals surface area (Å²) in [5, 5.41) is 2.52. The van der Waals surface area contributed by atoms with Gasteiger partial charge in [-0.25, -0.2) is 14.5 Å². The summed E-state index contributed by atoms with van der Waals surface area (Å²) in [7, 11) is 0. The molecule has 3 amide bonds. The summed E-state index contributed by atoms with van der Waals surface area (Å²) in [6.07, 6.45) is 0.103. The van der Waals surface area contributed by atoms with Gasteiger partial charge in [0, 0.05) is 13.1 Å². The van der Waals surface area contributed by atoms with Gasteiger partial charge in [0.2, 0.25) is 0 Å². The van der Waals surface area contributed by atoms with E-state index in [-0.39, 0.29) is 26.4 Å². The Hall–Kier alpha value is -2.28. The van der Waals surface area contributed by atoms with Gasteiger partial charge < -0.3 is 20.5 Å². The summed E-state index contributed by atoms with van der Waals surface area (Å²) >= 11 is 0. The summed E-state index contributed by atoms with van der Waals surface area (Å²) in [5.41, 5.74) is 6.44. The third kappa shape index (κ3) is 5.25. The number of rotatable bonds is 7. The van der Waals surface area contributed by atoms with Crippen LogP contribution in [0.4, 0.5) is 9.59 Å². The van der Waals surface area contributed by atoms with Crippen LogP contribution in [0.1, 0.15) is 19.4 Å². The number of ether oxygens (including phenoxy) is 2. The number of para-hydroxylation sites is 1. The van der Waals surface area contributed by atoms with Crippen LogP contribution in [-0.2, 0) is 11.2 Å². The summed E-state index contributed by atoms with van der Waals surface area (Å²) in [6.45, 7) is 4.07. The van der Waals surface area contributed by atoms with Crippen molar-refractivity contribution in [2.75, 3.05) is 26.4 Å². The minimum absolute atomic E-state index is 0.0453. The van der Waals surface area contributed by atoms with Gasteiger partial charge in [-0.1, -0.05) is 25.1 Å². The van der Waals surface area contributed by atoms with Crippen LogP contribution in [0, 0.1) is 0 Å². The highest BCUT2D eigenvalue weighted by molar-refractivity contribution is 5.90. The van der Waals surface area contributed by atoms with E-state index in [1.165, 1.54) is 0 Å². The molecule has 0 radical (unpaired) electrons. The monoisotopic (exact) mass is 309 g/mol. The number of hydrogen-bond donors (Lipinski definition) is 2. The molecule has 0 aromatic heterocycles. The number of aryl methyl sites for hydroxylation is 1. The maximum atomic E-state index is 12.0. The van der Waals surface area contributed by atoms with Crippen LogP contribution in [0.15, 0.2) is 24.3 Å². The number of benzene rings is 1. The fraction of sp³-hybridized carbons (Fsp3) is 0.467. The first-order chi connectivity index (χ1) is 10.6. The molecule has 0 heterocycles. The Morgan fingerprint density at radius 2 is 2.00 bits per heavy atom. The second-order valence-electron chi connectivity index (χ2n) is 4.37. The van der Waals surface area contributed by atoms with Crippen molar-refractivity contribution in [3.05, 3.63) is 29.8 Å². The maximum Gasteiger partial charge on any atom is 0.418 e. The van der Waals surface area contributed by atoms with E-state index in [1.54, 1.807) is 6.92 Å². The van der Waals surface area contributed by atoms with Crippen LogP contribution >= 0.6 is 0 Å². The molecule has 0 spiro atoms. The van der Waals surface area contributed by atoms with Crippen molar-refractivity contribution in [2.45, 2.75) is 20.3 Å². The number of imide groups is 1. The van der Waals surface area contributed by atoms with Crippen LogP contribution in [0.5, 0.6) is 5.75 Å². The molecule has 0 aliphatic rings. The van der Waals surface area contributed by atoms with Gasteiger partial charge in [0.25, 0.3) is 0 Å². The first kappa shape index (κ1) is 17.8. The lowest BCUT2D eigenvalue weighted by Gasteiger charge is -2.20. The molecule has 0 unspecified atom stereocenters. The van der Waals surface area contributed by atoms with Gasteiger partial charge in [-0.05, 0) is 25.0 Å². The Morgan fingerprint density at radius 3 is 2.64 bits per heavy atom. The van der Waals surface area contributed by atoms with Gasteiger partial charge in [0.15, 0.2) is 6.73 Å². The molecule has 122 valence electrons. The summed E-state index contributed by atoms with van der Waals surface area (Å²) in [6, 6.07) is 6.96. The van der Waals surface area contributed by atoms with E-state index in [4.69, 9.17) is 15.2 Å². The zero-order valence-electron chi connectivity index (χ0n) is 13.0. The van der Waals surface area contributed by atoms with Crippen LogP contribution in [0.3, 0.4) is 0 Å². The summed E-state index contributed by atoms with van der Waals surface area (Å²) < 4.78 is 10.3. The average molecular weight is 309 g/mol.